The number of likely N-dealkylation sites (tertiary alicyclic amines) is 1. The fourth-order valence-corrected chi connectivity index (χ4v) is 2.65. The Morgan fingerprint density at radius 1 is 1.43 bits per heavy atom. The van der Waals surface area contributed by atoms with E-state index in [0.29, 0.717) is 12.4 Å². The van der Waals surface area contributed by atoms with E-state index < -0.39 is 0 Å². The number of nitrogens with zero attached hydrogens (tertiary/aromatic N) is 3. The van der Waals surface area contributed by atoms with Gasteiger partial charge in [0.05, 0.1) is 6.54 Å². The Morgan fingerprint density at radius 3 is 2.78 bits per heavy atom. The molecule has 1 aromatic rings. The lowest BCUT2D eigenvalue weighted by Gasteiger charge is -2.27. The van der Waals surface area contributed by atoms with Gasteiger partial charge in [-0.15, -0.1) is 0 Å². The molecular formula is C16H26N4O3. The zero-order valence-corrected chi connectivity index (χ0v) is 14.0. The van der Waals surface area contributed by atoms with E-state index in [2.05, 4.69) is 19.9 Å². The lowest BCUT2D eigenvalue weighted by molar-refractivity contribution is -0.138. The van der Waals surface area contributed by atoms with Crippen molar-refractivity contribution in [3.63, 3.8) is 0 Å². The van der Waals surface area contributed by atoms with Crippen LogP contribution >= 0.6 is 0 Å². The van der Waals surface area contributed by atoms with Crippen LogP contribution in [0.1, 0.15) is 33.1 Å². The summed E-state index contributed by atoms with van der Waals surface area (Å²) < 4.78 is 4.69. The molecule has 23 heavy (non-hydrogen) atoms. The predicted octanol–water partition coefficient (Wildman–Crippen LogP) is 1.58. The van der Waals surface area contributed by atoms with Crippen molar-refractivity contribution in [1.82, 2.24) is 15.0 Å². The molecule has 0 aliphatic carbocycles. The molecule has 0 bridgehead atoms. The zero-order chi connectivity index (χ0) is 16.7. The Bertz CT molecular complexity index is 497. The number of amides is 2. The minimum Gasteiger partial charge on any atom is -0.363 e. The van der Waals surface area contributed by atoms with Crippen LogP contribution in [0.25, 0.3) is 0 Å². The molecule has 1 aromatic heterocycles. The molecule has 1 N–H and O–H groups in total. The van der Waals surface area contributed by atoms with Crippen molar-refractivity contribution >= 4 is 17.6 Å². The molecule has 1 atom stereocenters. The first-order valence-electron chi connectivity index (χ1n) is 8.31. The lowest BCUT2D eigenvalue weighted by atomic mass is 10.1. The third-order valence-electron chi connectivity index (χ3n) is 4.27. The van der Waals surface area contributed by atoms with Crippen LogP contribution < -0.4 is 5.32 Å². The SMILES string of the molecule is CCC(C)C(=O)N(CCN1CCCC1)CC(=O)Nc1ccon1. The van der Waals surface area contributed by atoms with Gasteiger partial charge in [0.25, 0.3) is 0 Å². The van der Waals surface area contributed by atoms with Crippen LogP contribution in [-0.4, -0.2) is 59.5 Å². The Balaban J connectivity index is 1.91. The molecule has 1 aliphatic rings. The Labute approximate surface area is 137 Å². The maximum Gasteiger partial charge on any atom is 0.245 e. The van der Waals surface area contributed by atoms with Gasteiger partial charge < -0.3 is 19.6 Å². The van der Waals surface area contributed by atoms with Crippen LogP contribution in [0.15, 0.2) is 16.9 Å². The third-order valence-corrected chi connectivity index (χ3v) is 4.27. The van der Waals surface area contributed by atoms with Crippen molar-refractivity contribution < 1.29 is 14.1 Å². The number of rotatable bonds is 8. The van der Waals surface area contributed by atoms with Gasteiger partial charge >= 0.3 is 0 Å². The zero-order valence-electron chi connectivity index (χ0n) is 14.0. The molecule has 128 valence electrons. The molecule has 0 spiro atoms. The molecule has 0 saturated carbocycles. The maximum absolute atomic E-state index is 12.5. The Hall–Kier alpha value is -1.89. The Kier molecular flexibility index (Phi) is 6.58. The molecule has 2 amide bonds. The quantitative estimate of drug-likeness (QED) is 0.786. The third kappa shape index (κ3) is 5.35. The monoisotopic (exact) mass is 322 g/mol. The minimum absolute atomic E-state index is 0.0296. The summed E-state index contributed by atoms with van der Waals surface area (Å²) in [4.78, 5) is 28.6. The number of hydrogen-bond acceptors (Lipinski definition) is 5. The second-order valence-electron chi connectivity index (χ2n) is 6.05. The molecule has 2 heterocycles. The summed E-state index contributed by atoms with van der Waals surface area (Å²) in [6.45, 7) is 7.49. The standard InChI is InChI=1S/C16H26N4O3/c1-3-13(2)16(22)20(10-9-19-7-4-5-8-19)12-15(21)17-14-6-11-23-18-14/h6,11,13H,3-5,7-10,12H2,1-2H3,(H,17,18,21). The summed E-state index contributed by atoms with van der Waals surface area (Å²) in [6.07, 6.45) is 4.59. The van der Waals surface area contributed by atoms with Crippen molar-refractivity contribution in [2.45, 2.75) is 33.1 Å². The molecule has 1 saturated heterocycles. The second kappa shape index (κ2) is 8.67. The first-order valence-corrected chi connectivity index (χ1v) is 8.31. The molecule has 1 unspecified atom stereocenters. The summed E-state index contributed by atoms with van der Waals surface area (Å²) in [5.74, 6) is 0.0675. The van der Waals surface area contributed by atoms with E-state index in [-0.39, 0.29) is 24.3 Å². The minimum atomic E-state index is -0.253. The molecule has 1 aliphatic heterocycles. The molecule has 7 nitrogen and oxygen atoms in total. The van der Waals surface area contributed by atoms with Gasteiger partial charge in [0.2, 0.25) is 11.8 Å². The van der Waals surface area contributed by atoms with E-state index in [4.69, 9.17) is 0 Å². The van der Waals surface area contributed by atoms with Gasteiger partial charge in [-0.1, -0.05) is 19.0 Å². The fraction of sp³-hybridized carbons (Fsp3) is 0.688. The highest BCUT2D eigenvalue weighted by Gasteiger charge is 2.23. The summed E-state index contributed by atoms with van der Waals surface area (Å²) in [6, 6.07) is 1.57. The molecule has 1 fully saturated rings. The first kappa shape index (κ1) is 17.5. The Morgan fingerprint density at radius 2 is 2.17 bits per heavy atom. The van der Waals surface area contributed by atoms with Crippen molar-refractivity contribution in [3.05, 3.63) is 12.3 Å². The normalized spacial score (nSPS) is 16.3. The van der Waals surface area contributed by atoms with E-state index in [1.807, 2.05) is 13.8 Å². The van der Waals surface area contributed by atoms with Gasteiger partial charge in [-0.3, -0.25) is 9.59 Å². The topological polar surface area (TPSA) is 78.7 Å². The number of hydrogen-bond donors (Lipinski definition) is 1. The van der Waals surface area contributed by atoms with Crippen LogP contribution in [0.2, 0.25) is 0 Å². The number of anilines is 1. The van der Waals surface area contributed by atoms with Crippen molar-refractivity contribution in [2.24, 2.45) is 5.92 Å². The van der Waals surface area contributed by atoms with Gasteiger partial charge in [0, 0.05) is 25.1 Å². The lowest BCUT2D eigenvalue weighted by Crippen LogP contribution is -2.44. The van der Waals surface area contributed by atoms with Crippen LogP contribution in [0, 0.1) is 5.92 Å². The fourth-order valence-electron chi connectivity index (χ4n) is 2.65. The molecular weight excluding hydrogens is 296 g/mol. The number of aromatic nitrogens is 1. The van der Waals surface area contributed by atoms with Crippen LogP contribution in [0.5, 0.6) is 0 Å². The highest BCUT2D eigenvalue weighted by molar-refractivity contribution is 5.94. The summed E-state index contributed by atoms with van der Waals surface area (Å²) >= 11 is 0. The van der Waals surface area contributed by atoms with Gasteiger partial charge in [0.15, 0.2) is 5.82 Å². The molecule has 0 aromatic carbocycles. The molecule has 2 rings (SSSR count). The van der Waals surface area contributed by atoms with Crippen LogP contribution in [0.4, 0.5) is 5.82 Å². The average molecular weight is 322 g/mol. The van der Waals surface area contributed by atoms with Crippen LogP contribution in [-0.2, 0) is 9.59 Å². The van der Waals surface area contributed by atoms with Gasteiger partial charge in [-0.25, -0.2) is 0 Å². The van der Waals surface area contributed by atoms with Crippen molar-refractivity contribution in [3.8, 4) is 0 Å². The predicted molar refractivity (Wildman–Crippen MR) is 86.8 cm³/mol. The summed E-state index contributed by atoms with van der Waals surface area (Å²) in [7, 11) is 0. The average Bonchev–Trinajstić information content (AvgIpc) is 3.23. The maximum atomic E-state index is 12.5. The van der Waals surface area contributed by atoms with E-state index >= 15 is 0 Å². The summed E-state index contributed by atoms with van der Waals surface area (Å²) in [5.41, 5.74) is 0. The van der Waals surface area contributed by atoms with E-state index in [0.717, 1.165) is 26.1 Å². The van der Waals surface area contributed by atoms with E-state index in [1.165, 1.54) is 19.1 Å². The van der Waals surface area contributed by atoms with Crippen molar-refractivity contribution in [1.29, 1.82) is 0 Å². The van der Waals surface area contributed by atoms with E-state index in [1.54, 1.807) is 11.0 Å². The second-order valence-corrected chi connectivity index (χ2v) is 6.05. The van der Waals surface area contributed by atoms with Gasteiger partial charge in [-0.2, -0.15) is 0 Å². The molecule has 7 heteroatoms. The van der Waals surface area contributed by atoms with Crippen molar-refractivity contribution in [2.75, 3.05) is 38.0 Å². The van der Waals surface area contributed by atoms with Gasteiger partial charge in [0.1, 0.15) is 6.26 Å². The van der Waals surface area contributed by atoms with Crippen LogP contribution in [0.3, 0.4) is 0 Å². The van der Waals surface area contributed by atoms with E-state index in [9.17, 15) is 9.59 Å². The largest absolute Gasteiger partial charge is 0.363 e. The first-order chi connectivity index (χ1) is 11.1. The number of carbonyl (C=O) groups is 2. The highest BCUT2D eigenvalue weighted by Crippen LogP contribution is 2.10. The highest BCUT2D eigenvalue weighted by atomic mass is 16.5. The molecule has 0 radical (unpaired) electrons. The van der Waals surface area contributed by atoms with Gasteiger partial charge in [-0.05, 0) is 32.4 Å². The number of carbonyl (C=O) groups excluding carboxylic acids is 2. The smallest absolute Gasteiger partial charge is 0.245 e. The number of nitrogens with one attached hydrogen (secondary N) is 1. The summed E-state index contributed by atoms with van der Waals surface area (Å²) in [5, 5.41) is 6.29.